The second kappa shape index (κ2) is 9.54. The Bertz CT molecular complexity index is 1210. The fourth-order valence-electron chi connectivity index (χ4n) is 4.96. The zero-order valence-electron chi connectivity index (χ0n) is 19.6. The summed E-state index contributed by atoms with van der Waals surface area (Å²) in [7, 11) is -2.95. The number of carbonyl (C=O) groups excluding carboxylic acids is 1. The number of rotatable bonds is 5. The molecule has 0 unspecified atom stereocenters. The molecule has 0 radical (unpaired) electrons. The third kappa shape index (κ3) is 5.09. The van der Waals surface area contributed by atoms with Gasteiger partial charge < -0.3 is 4.90 Å². The lowest BCUT2D eigenvalue weighted by atomic mass is 9.91. The Hall–Kier alpha value is -2.46. The molecule has 1 amide bonds. The minimum Gasteiger partial charge on any atom is -0.341 e. The van der Waals surface area contributed by atoms with Crippen LogP contribution in [-0.4, -0.2) is 61.3 Å². The van der Waals surface area contributed by atoms with Crippen LogP contribution in [0.3, 0.4) is 0 Å². The molecule has 1 aliphatic heterocycles. The van der Waals surface area contributed by atoms with Gasteiger partial charge in [-0.2, -0.15) is 4.31 Å². The van der Waals surface area contributed by atoms with Gasteiger partial charge in [0.1, 0.15) is 18.0 Å². The molecule has 1 aliphatic carbocycles. The number of hydrogen-bond donors (Lipinski definition) is 0. The second-order valence-electron chi connectivity index (χ2n) is 9.44. The van der Waals surface area contributed by atoms with Crippen LogP contribution in [0.1, 0.15) is 37.7 Å². The number of nitrogens with zero attached hydrogens (tertiary/aromatic N) is 2. The first-order valence-electron chi connectivity index (χ1n) is 11.6. The first-order valence-corrected chi connectivity index (χ1v) is 13.0. The molecule has 0 N–H and O–H groups in total. The Morgan fingerprint density at radius 1 is 1.09 bits per heavy atom. The van der Waals surface area contributed by atoms with E-state index in [0.29, 0.717) is 5.56 Å². The second-order valence-corrected chi connectivity index (χ2v) is 11.3. The zero-order chi connectivity index (χ0) is 25.5. The molecule has 2 aromatic rings. The average Bonchev–Trinajstić information content (AvgIpc) is 3.21. The Morgan fingerprint density at radius 2 is 1.74 bits per heavy atom. The summed E-state index contributed by atoms with van der Waals surface area (Å²) in [5.74, 6) is -4.01. The number of carbonyl (C=O) groups is 1. The van der Waals surface area contributed by atoms with Crippen molar-refractivity contribution in [2.45, 2.75) is 68.1 Å². The van der Waals surface area contributed by atoms with Gasteiger partial charge in [0.2, 0.25) is 21.9 Å². The van der Waals surface area contributed by atoms with E-state index >= 15 is 0 Å². The first-order chi connectivity index (χ1) is 16.4. The third-order valence-corrected chi connectivity index (χ3v) is 8.89. The zero-order valence-corrected chi connectivity index (χ0v) is 20.4. The molecule has 1 saturated carbocycles. The number of sulfonamides is 1. The largest absolute Gasteiger partial charge is 0.341 e. The van der Waals surface area contributed by atoms with E-state index in [-0.39, 0.29) is 48.1 Å². The van der Waals surface area contributed by atoms with Crippen LogP contribution in [0, 0.1) is 12.7 Å². The molecule has 2 aliphatic rings. The molecule has 0 aromatic heterocycles. The van der Waals surface area contributed by atoms with Gasteiger partial charge in [0.05, 0.1) is 4.90 Å². The minimum absolute atomic E-state index is 0.0777. The molecular formula is C25H28F4N2O3S. The fraction of sp³-hybridized carbons (Fsp3) is 0.480. The van der Waals surface area contributed by atoms with Gasteiger partial charge >= 0.3 is 0 Å². The van der Waals surface area contributed by atoms with Crippen LogP contribution in [0.5, 0.6) is 0 Å². The predicted molar refractivity (Wildman–Crippen MR) is 124 cm³/mol. The van der Waals surface area contributed by atoms with Crippen molar-refractivity contribution in [2.75, 3.05) is 13.6 Å². The molecule has 10 heteroatoms. The van der Waals surface area contributed by atoms with Crippen molar-refractivity contribution >= 4 is 15.9 Å². The molecule has 5 nitrogen and oxygen atoms in total. The van der Waals surface area contributed by atoms with Crippen LogP contribution >= 0.6 is 0 Å². The molecule has 4 rings (SSSR count). The van der Waals surface area contributed by atoms with E-state index in [1.165, 1.54) is 36.2 Å². The highest BCUT2D eigenvalue weighted by atomic mass is 32.2. The molecule has 190 valence electrons. The lowest BCUT2D eigenvalue weighted by Crippen LogP contribution is -2.50. The highest BCUT2D eigenvalue weighted by Gasteiger charge is 2.47. The molecule has 0 spiro atoms. The van der Waals surface area contributed by atoms with Crippen LogP contribution in [-0.2, 0) is 14.8 Å². The maximum Gasteiger partial charge on any atom is 0.248 e. The standard InChI is InChI=1S/C25H28F4N2O3S/c1-16-7-8-23(20(13-16)19-5-3-4-6-21(19)27)35(33,34)31-15-17(26)14-22(31)24(32)30(2)18-9-11-25(28,29)12-10-18/h3-8,13,17-18,22H,9-12,14-15H2,1-2H3/t17-,22+/m1/s1. The number of aryl methyl sites for hydroxylation is 1. The monoisotopic (exact) mass is 512 g/mol. The number of halogens is 4. The van der Waals surface area contributed by atoms with E-state index in [0.717, 1.165) is 4.31 Å². The van der Waals surface area contributed by atoms with Gasteiger partial charge in [0, 0.05) is 50.0 Å². The van der Waals surface area contributed by atoms with E-state index in [1.54, 1.807) is 25.1 Å². The average molecular weight is 513 g/mol. The van der Waals surface area contributed by atoms with Gasteiger partial charge in [-0.25, -0.2) is 26.0 Å². The van der Waals surface area contributed by atoms with Gasteiger partial charge in [0.25, 0.3) is 0 Å². The van der Waals surface area contributed by atoms with E-state index in [9.17, 15) is 30.8 Å². The molecule has 2 atom stereocenters. The topological polar surface area (TPSA) is 57.7 Å². The van der Waals surface area contributed by atoms with Crippen LogP contribution in [0.25, 0.3) is 11.1 Å². The summed E-state index contributed by atoms with van der Waals surface area (Å²) in [6, 6.07) is 8.41. The van der Waals surface area contributed by atoms with Crippen molar-refractivity contribution in [1.29, 1.82) is 0 Å². The van der Waals surface area contributed by atoms with Crippen molar-refractivity contribution in [3.63, 3.8) is 0 Å². The highest BCUT2D eigenvalue weighted by molar-refractivity contribution is 7.89. The smallest absolute Gasteiger partial charge is 0.248 e. The van der Waals surface area contributed by atoms with Crippen LogP contribution < -0.4 is 0 Å². The molecule has 0 bridgehead atoms. The molecule has 1 saturated heterocycles. The van der Waals surface area contributed by atoms with Gasteiger partial charge in [-0.1, -0.05) is 29.8 Å². The summed E-state index contributed by atoms with van der Waals surface area (Å²) in [6.45, 7) is 1.23. The molecule has 2 aromatic carbocycles. The Labute approximate surface area is 202 Å². The fourth-order valence-corrected chi connectivity index (χ4v) is 6.77. The SMILES string of the molecule is Cc1ccc(S(=O)(=O)N2C[C@H](F)C[C@H]2C(=O)N(C)C2CCC(F)(F)CC2)c(-c2ccccc2F)c1. The van der Waals surface area contributed by atoms with Gasteiger partial charge in [-0.05, 0) is 38.0 Å². The number of hydrogen-bond acceptors (Lipinski definition) is 3. The Kier molecular flexibility index (Phi) is 6.98. The van der Waals surface area contributed by atoms with Crippen molar-refractivity contribution in [3.8, 4) is 11.1 Å². The van der Waals surface area contributed by atoms with E-state index in [1.807, 2.05) is 0 Å². The molecule has 35 heavy (non-hydrogen) atoms. The van der Waals surface area contributed by atoms with E-state index in [4.69, 9.17) is 0 Å². The lowest BCUT2D eigenvalue weighted by molar-refractivity contribution is -0.138. The van der Waals surface area contributed by atoms with Crippen molar-refractivity contribution in [1.82, 2.24) is 9.21 Å². The maximum absolute atomic E-state index is 14.6. The maximum atomic E-state index is 14.6. The Balaban J connectivity index is 1.67. The van der Waals surface area contributed by atoms with Crippen molar-refractivity contribution < 1.29 is 30.8 Å². The van der Waals surface area contributed by atoms with Crippen molar-refractivity contribution in [2.24, 2.45) is 0 Å². The summed E-state index contributed by atoms with van der Waals surface area (Å²) in [5.41, 5.74) is 0.904. The van der Waals surface area contributed by atoms with Crippen LogP contribution in [0.2, 0.25) is 0 Å². The number of benzene rings is 2. The summed E-state index contributed by atoms with van der Waals surface area (Å²) in [4.78, 5) is 14.4. The first kappa shape index (κ1) is 25.6. The molecule has 1 heterocycles. The summed E-state index contributed by atoms with van der Waals surface area (Å²) in [5, 5.41) is 0. The van der Waals surface area contributed by atoms with Crippen LogP contribution in [0.15, 0.2) is 47.4 Å². The lowest BCUT2D eigenvalue weighted by Gasteiger charge is -2.36. The normalized spacial score (nSPS) is 23.4. The number of likely N-dealkylation sites (N-methyl/N-ethyl adjacent to an activating group) is 1. The predicted octanol–water partition coefficient (Wildman–Crippen LogP) is 4.94. The number of alkyl halides is 3. The summed E-state index contributed by atoms with van der Waals surface area (Å²) >= 11 is 0. The van der Waals surface area contributed by atoms with Gasteiger partial charge in [-0.3, -0.25) is 4.79 Å². The Morgan fingerprint density at radius 3 is 2.40 bits per heavy atom. The van der Waals surface area contributed by atoms with Gasteiger partial charge in [-0.15, -0.1) is 0 Å². The summed E-state index contributed by atoms with van der Waals surface area (Å²) < 4.78 is 84.7. The quantitative estimate of drug-likeness (QED) is 0.534. The molecular weight excluding hydrogens is 484 g/mol. The highest BCUT2D eigenvalue weighted by Crippen LogP contribution is 2.38. The molecule has 2 fully saturated rings. The van der Waals surface area contributed by atoms with Crippen LogP contribution in [0.4, 0.5) is 17.6 Å². The van der Waals surface area contributed by atoms with Crippen molar-refractivity contribution in [3.05, 3.63) is 53.8 Å². The minimum atomic E-state index is -4.40. The van der Waals surface area contributed by atoms with E-state index < -0.39 is 52.5 Å². The van der Waals surface area contributed by atoms with Gasteiger partial charge in [0.15, 0.2) is 0 Å². The number of amides is 1. The third-order valence-electron chi connectivity index (χ3n) is 6.96. The summed E-state index contributed by atoms with van der Waals surface area (Å²) in [6.07, 6.45) is -2.44. The van der Waals surface area contributed by atoms with E-state index in [2.05, 4.69) is 0 Å².